The first kappa shape index (κ1) is 37.5. The Hall–Kier alpha value is -3.80. The number of unbranched alkanes of at least 4 members (excludes halogenated alkanes) is 1. The first-order valence-corrected chi connectivity index (χ1v) is 19.3. The summed E-state index contributed by atoms with van der Waals surface area (Å²) in [6.07, 6.45) is 27.3. The summed E-state index contributed by atoms with van der Waals surface area (Å²) in [6, 6.07) is 7.19. The Morgan fingerprint density at radius 3 is 2.64 bits per heavy atom. The highest BCUT2D eigenvalue weighted by atomic mass is 16.5. The molecule has 268 valence electrons. The number of carbonyl (C=O) groups is 2. The van der Waals surface area contributed by atoms with Crippen LogP contribution in [0.1, 0.15) is 138 Å². The van der Waals surface area contributed by atoms with Crippen molar-refractivity contribution in [2.75, 3.05) is 21.2 Å². The Morgan fingerprint density at radius 2 is 1.86 bits per heavy atom. The molecule has 0 N–H and O–H groups in total. The van der Waals surface area contributed by atoms with E-state index in [1.54, 1.807) is 18.2 Å². The Kier molecular flexibility index (Phi) is 13.8. The number of ketones is 1. The number of benzene rings is 1. The zero-order chi connectivity index (χ0) is 35.5. The minimum Gasteiger partial charge on any atom is -0.480 e. The normalized spacial score (nSPS) is 20.3. The molecule has 2 unspecified atom stereocenters. The summed E-state index contributed by atoms with van der Waals surface area (Å²) in [5.41, 5.74) is 10.8. The maximum Gasteiger partial charge on any atom is 0.232 e. The smallest absolute Gasteiger partial charge is 0.232 e. The second kappa shape index (κ2) is 18.4. The molecular weight excluding hydrogens is 619 g/mol. The van der Waals surface area contributed by atoms with Crippen LogP contribution < -0.4 is 4.74 Å². The van der Waals surface area contributed by atoms with E-state index >= 15 is 0 Å². The van der Waals surface area contributed by atoms with Crippen molar-refractivity contribution < 1.29 is 14.3 Å². The van der Waals surface area contributed by atoms with Crippen LogP contribution in [0.3, 0.4) is 0 Å². The fourth-order valence-corrected chi connectivity index (χ4v) is 8.26. The van der Waals surface area contributed by atoms with Gasteiger partial charge in [0.2, 0.25) is 11.8 Å². The molecule has 0 radical (unpaired) electrons. The maximum absolute atomic E-state index is 13.9. The van der Waals surface area contributed by atoms with Crippen molar-refractivity contribution >= 4 is 17.3 Å². The lowest BCUT2D eigenvalue weighted by molar-refractivity contribution is -0.129. The lowest BCUT2D eigenvalue weighted by Gasteiger charge is -2.19. The minimum absolute atomic E-state index is 0.252. The largest absolute Gasteiger partial charge is 0.480 e. The van der Waals surface area contributed by atoms with Crippen molar-refractivity contribution in [3.8, 4) is 5.88 Å². The van der Waals surface area contributed by atoms with Crippen LogP contribution in [0, 0.1) is 12.8 Å². The highest BCUT2D eigenvalue weighted by molar-refractivity contribution is 6.02. The Bertz CT molecular complexity index is 1630. The minimum atomic E-state index is 0.252. The average molecular weight is 678 g/mol. The van der Waals surface area contributed by atoms with Gasteiger partial charge in [-0.2, -0.15) is 0 Å². The van der Waals surface area contributed by atoms with Crippen LogP contribution in [0.15, 0.2) is 71.1 Å². The molecule has 0 saturated heterocycles. The van der Waals surface area contributed by atoms with E-state index in [4.69, 9.17) is 9.72 Å². The number of hydrogen-bond donors (Lipinski definition) is 0. The molecule has 0 bridgehead atoms. The van der Waals surface area contributed by atoms with E-state index in [2.05, 4.69) is 55.3 Å². The number of aromatic nitrogens is 2. The van der Waals surface area contributed by atoms with Crippen LogP contribution in [0.5, 0.6) is 5.88 Å². The summed E-state index contributed by atoms with van der Waals surface area (Å²) >= 11 is 0. The molecule has 1 amide bonds. The highest BCUT2D eigenvalue weighted by Crippen LogP contribution is 2.40. The van der Waals surface area contributed by atoms with Gasteiger partial charge in [-0.1, -0.05) is 55.7 Å². The second-order valence-corrected chi connectivity index (χ2v) is 14.9. The molecule has 1 heterocycles. The van der Waals surface area contributed by atoms with Gasteiger partial charge in [0.05, 0.1) is 25.2 Å². The van der Waals surface area contributed by atoms with Gasteiger partial charge in [0.25, 0.3) is 0 Å². The van der Waals surface area contributed by atoms with E-state index in [0.717, 1.165) is 86.6 Å². The van der Waals surface area contributed by atoms with Crippen molar-refractivity contribution in [3.05, 3.63) is 93.5 Å². The number of nitrogens with zero attached hydrogens (tertiary/aromatic N) is 3. The molecule has 6 heteroatoms. The standard InChI is InChI=1S/C44H59N3O3/c1-6-34-27-37(40-29-45-30-42(46-40)50-5)28-36-16-9-7-8-10-19-41(48)44(36)39(34)18-12-11-14-33-21-24-38(31(2)26-33)35-17-13-15-32(20-23-35)22-25-43(49)47(3)4/h9,16,21,24,26,28-30,32,35H,6-8,10-15,17-20,22-23,25,27H2,1-5H3. The molecule has 1 aromatic heterocycles. The molecule has 2 aromatic rings. The van der Waals surface area contributed by atoms with Crippen LogP contribution >= 0.6 is 0 Å². The second-order valence-electron chi connectivity index (χ2n) is 14.9. The Balaban J connectivity index is 1.26. The molecule has 2 atom stereocenters. The predicted octanol–water partition coefficient (Wildman–Crippen LogP) is 10.2. The predicted molar refractivity (Wildman–Crippen MR) is 204 cm³/mol. The van der Waals surface area contributed by atoms with E-state index in [-0.39, 0.29) is 11.7 Å². The van der Waals surface area contributed by atoms with Crippen molar-refractivity contribution in [1.82, 2.24) is 14.9 Å². The van der Waals surface area contributed by atoms with Gasteiger partial charge < -0.3 is 9.64 Å². The van der Waals surface area contributed by atoms with Crippen molar-refractivity contribution in [2.45, 2.75) is 129 Å². The molecule has 1 fully saturated rings. The van der Waals surface area contributed by atoms with Gasteiger partial charge >= 0.3 is 0 Å². The molecular formula is C44H59N3O3. The fraction of sp³-hybridized carbons (Fsp3) is 0.545. The summed E-state index contributed by atoms with van der Waals surface area (Å²) < 4.78 is 5.40. The first-order valence-electron chi connectivity index (χ1n) is 19.3. The van der Waals surface area contributed by atoms with Gasteiger partial charge in [0.1, 0.15) is 0 Å². The summed E-state index contributed by atoms with van der Waals surface area (Å²) in [5, 5.41) is 0. The number of amides is 1. The van der Waals surface area contributed by atoms with E-state index in [0.29, 0.717) is 30.6 Å². The Morgan fingerprint density at radius 1 is 1.02 bits per heavy atom. The molecule has 0 spiro atoms. The quantitative estimate of drug-likeness (QED) is 0.165. The van der Waals surface area contributed by atoms with Gasteiger partial charge in [-0.25, -0.2) is 4.98 Å². The molecule has 0 aliphatic heterocycles. The zero-order valence-electron chi connectivity index (χ0n) is 31.4. The van der Waals surface area contributed by atoms with Crippen LogP contribution in [0.2, 0.25) is 0 Å². The summed E-state index contributed by atoms with van der Waals surface area (Å²) in [5.74, 6) is 2.32. The van der Waals surface area contributed by atoms with Crippen LogP contribution in [0.4, 0.5) is 0 Å². The lowest BCUT2D eigenvalue weighted by Crippen LogP contribution is -2.22. The number of aryl methyl sites for hydroxylation is 2. The number of ether oxygens (including phenoxy) is 1. The maximum atomic E-state index is 13.9. The van der Waals surface area contributed by atoms with Gasteiger partial charge in [-0.05, 0) is 142 Å². The third-order valence-electron chi connectivity index (χ3n) is 11.2. The van der Waals surface area contributed by atoms with Crippen LogP contribution in [0.25, 0.3) is 5.57 Å². The third-order valence-corrected chi connectivity index (χ3v) is 11.2. The van der Waals surface area contributed by atoms with Gasteiger partial charge in [0.15, 0.2) is 5.78 Å². The van der Waals surface area contributed by atoms with E-state index in [9.17, 15) is 9.59 Å². The van der Waals surface area contributed by atoms with Crippen molar-refractivity contribution in [1.29, 1.82) is 0 Å². The molecule has 3 aliphatic rings. The zero-order valence-corrected chi connectivity index (χ0v) is 31.4. The molecule has 50 heavy (non-hydrogen) atoms. The highest BCUT2D eigenvalue weighted by Gasteiger charge is 2.26. The van der Waals surface area contributed by atoms with Crippen LogP contribution in [-0.2, 0) is 16.0 Å². The van der Waals surface area contributed by atoms with Crippen molar-refractivity contribution in [2.24, 2.45) is 5.92 Å². The van der Waals surface area contributed by atoms with E-state index in [1.165, 1.54) is 59.9 Å². The molecule has 1 aromatic carbocycles. The first-order chi connectivity index (χ1) is 24.3. The van der Waals surface area contributed by atoms with Gasteiger partial charge in [-0.15, -0.1) is 0 Å². The summed E-state index contributed by atoms with van der Waals surface area (Å²) in [6.45, 7) is 4.51. The fourth-order valence-electron chi connectivity index (χ4n) is 8.26. The molecule has 6 nitrogen and oxygen atoms in total. The number of Topliss-reactive ketones (excluding diaryl/α,β-unsaturated/α-hetero) is 1. The number of rotatable bonds is 12. The number of methoxy groups -OCH3 is 1. The SMILES string of the molecule is CCC1=C(CCCCc2ccc(C3CCCC(CCC(=O)N(C)C)CC3)c(C)c2)C2=C(C=CCCCCC2=O)C=C(c2cncc(OC)n2)C1. The third kappa shape index (κ3) is 9.92. The Labute approximate surface area is 301 Å². The van der Waals surface area contributed by atoms with Gasteiger partial charge in [0, 0.05) is 32.5 Å². The number of carbonyl (C=O) groups excluding carboxylic acids is 2. The average Bonchev–Trinajstić information content (AvgIpc) is 3.41. The van der Waals surface area contributed by atoms with Crippen LogP contribution in [-0.4, -0.2) is 47.8 Å². The summed E-state index contributed by atoms with van der Waals surface area (Å²) in [4.78, 5) is 36.9. The van der Waals surface area contributed by atoms with E-state index in [1.807, 2.05) is 20.3 Å². The topological polar surface area (TPSA) is 72.4 Å². The van der Waals surface area contributed by atoms with Crippen molar-refractivity contribution in [3.63, 3.8) is 0 Å². The molecule has 1 saturated carbocycles. The van der Waals surface area contributed by atoms with E-state index < -0.39 is 0 Å². The molecule has 5 rings (SSSR count). The monoisotopic (exact) mass is 677 g/mol. The molecule has 3 aliphatic carbocycles. The van der Waals surface area contributed by atoms with Gasteiger partial charge in [-0.3, -0.25) is 14.6 Å². The number of hydrogen-bond acceptors (Lipinski definition) is 5. The lowest BCUT2D eigenvalue weighted by atomic mass is 9.86. The number of allylic oxidation sites excluding steroid dienone is 8. The summed E-state index contributed by atoms with van der Waals surface area (Å²) in [7, 11) is 5.33.